The predicted molar refractivity (Wildman–Crippen MR) is 240 cm³/mol. The van der Waals surface area contributed by atoms with Crippen LogP contribution in [0.4, 0.5) is 0 Å². The molecule has 1 N–H and O–H groups in total. The molecule has 0 aromatic heterocycles. The Morgan fingerprint density at radius 1 is 0.500 bits per heavy atom. The standard InChI is InChI=1S/C51H92O5/c1-7-9-11-13-15-17-19-21-23-25-27-29-31-33-35-37-41-55-49(53)48(44(3)45-39-40-47(52)46(43-45)51(4,5)6)50(54)56-42-38-36-34-32-30-28-26-24-22-20-18-16-14-12-10-8-2/h39-40,43-44,48,52H,7-38,41-42H2,1-6H3/t44-/m1/s1. The first-order chi connectivity index (χ1) is 27.1. The van der Waals surface area contributed by atoms with Gasteiger partial charge in [0.1, 0.15) is 5.75 Å². The van der Waals surface area contributed by atoms with Crippen molar-refractivity contribution < 1.29 is 24.2 Å². The highest BCUT2D eigenvalue weighted by Crippen LogP contribution is 2.36. The molecule has 0 aliphatic rings. The van der Waals surface area contributed by atoms with E-state index in [2.05, 4.69) is 13.8 Å². The van der Waals surface area contributed by atoms with Crippen molar-refractivity contribution in [2.45, 2.75) is 258 Å². The van der Waals surface area contributed by atoms with E-state index in [-0.39, 0.29) is 11.2 Å². The van der Waals surface area contributed by atoms with Crippen LogP contribution in [0, 0.1) is 5.92 Å². The molecule has 0 heterocycles. The Balaban J connectivity index is 2.39. The Bertz CT molecular complexity index is 1020. The molecule has 56 heavy (non-hydrogen) atoms. The second-order valence-corrected chi connectivity index (χ2v) is 18.2. The summed E-state index contributed by atoms with van der Waals surface area (Å²) in [6.07, 6.45) is 41.4. The maximum atomic E-state index is 13.5. The summed E-state index contributed by atoms with van der Waals surface area (Å²) in [5, 5.41) is 10.6. The van der Waals surface area contributed by atoms with Crippen LogP contribution in [-0.2, 0) is 24.5 Å². The molecule has 1 aromatic rings. The zero-order valence-corrected chi connectivity index (χ0v) is 38.0. The first-order valence-electron chi connectivity index (χ1n) is 24.3. The van der Waals surface area contributed by atoms with E-state index in [0.29, 0.717) is 13.2 Å². The van der Waals surface area contributed by atoms with Crippen molar-refractivity contribution in [2.75, 3.05) is 13.2 Å². The maximum Gasteiger partial charge on any atom is 0.320 e. The molecule has 0 saturated heterocycles. The number of phenols is 1. The number of ether oxygens (including phenoxy) is 2. The summed E-state index contributed by atoms with van der Waals surface area (Å²) in [6, 6.07) is 5.42. The van der Waals surface area contributed by atoms with Crippen molar-refractivity contribution in [1.82, 2.24) is 0 Å². The highest BCUT2D eigenvalue weighted by atomic mass is 16.6. The summed E-state index contributed by atoms with van der Waals surface area (Å²) in [7, 11) is 0. The second-order valence-electron chi connectivity index (χ2n) is 18.2. The van der Waals surface area contributed by atoms with Gasteiger partial charge in [-0.25, -0.2) is 0 Å². The highest BCUT2D eigenvalue weighted by molar-refractivity contribution is 5.96. The number of phenolic OH excluding ortho intramolecular Hbond substituents is 1. The van der Waals surface area contributed by atoms with Crippen molar-refractivity contribution in [3.8, 4) is 5.75 Å². The first kappa shape index (κ1) is 52.0. The van der Waals surface area contributed by atoms with Crippen LogP contribution in [0.25, 0.3) is 0 Å². The van der Waals surface area contributed by atoms with E-state index in [4.69, 9.17) is 9.47 Å². The largest absolute Gasteiger partial charge is 0.508 e. The summed E-state index contributed by atoms with van der Waals surface area (Å²) in [5.41, 5.74) is 1.34. The molecule has 0 unspecified atom stereocenters. The van der Waals surface area contributed by atoms with Gasteiger partial charge in [0.25, 0.3) is 0 Å². The lowest BCUT2D eigenvalue weighted by molar-refractivity contribution is -0.163. The molecular formula is C51H92O5. The van der Waals surface area contributed by atoms with Crippen LogP contribution in [0.3, 0.4) is 0 Å². The SMILES string of the molecule is CCCCCCCCCCCCCCCCCCOC(=O)C(C(=O)OCCCCCCCCCCCCCCCCCC)[C@H](C)c1ccc(O)c(C(C)(C)C)c1. The molecule has 0 spiro atoms. The Labute approximate surface area is 347 Å². The van der Waals surface area contributed by atoms with Crippen LogP contribution in [-0.4, -0.2) is 30.3 Å². The van der Waals surface area contributed by atoms with Crippen LogP contribution >= 0.6 is 0 Å². The van der Waals surface area contributed by atoms with Crippen LogP contribution < -0.4 is 0 Å². The number of esters is 2. The molecule has 326 valence electrons. The van der Waals surface area contributed by atoms with Gasteiger partial charge in [0.2, 0.25) is 0 Å². The molecule has 1 atom stereocenters. The maximum absolute atomic E-state index is 13.5. The first-order valence-corrected chi connectivity index (χ1v) is 24.3. The van der Waals surface area contributed by atoms with Gasteiger partial charge in [0.15, 0.2) is 5.92 Å². The fourth-order valence-corrected chi connectivity index (χ4v) is 7.96. The van der Waals surface area contributed by atoms with E-state index in [0.717, 1.165) is 49.7 Å². The zero-order chi connectivity index (χ0) is 41.1. The Kier molecular flexibility index (Phi) is 32.4. The fourth-order valence-electron chi connectivity index (χ4n) is 7.96. The van der Waals surface area contributed by atoms with Crippen molar-refractivity contribution >= 4 is 11.9 Å². The summed E-state index contributed by atoms with van der Waals surface area (Å²) < 4.78 is 11.5. The van der Waals surface area contributed by atoms with Crippen molar-refractivity contribution in [3.63, 3.8) is 0 Å². The van der Waals surface area contributed by atoms with Gasteiger partial charge in [-0.05, 0) is 35.4 Å². The van der Waals surface area contributed by atoms with E-state index in [1.165, 1.54) is 167 Å². The number of aromatic hydroxyl groups is 1. The lowest BCUT2D eigenvalue weighted by Crippen LogP contribution is -2.33. The van der Waals surface area contributed by atoms with Gasteiger partial charge < -0.3 is 14.6 Å². The predicted octanol–water partition coefficient (Wildman–Crippen LogP) is 16.0. The molecule has 5 nitrogen and oxygen atoms in total. The van der Waals surface area contributed by atoms with E-state index < -0.39 is 23.8 Å². The molecular weight excluding hydrogens is 693 g/mol. The number of benzene rings is 1. The number of unbranched alkanes of at least 4 members (excludes halogenated alkanes) is 30. The second kappa shape index (κ2) is 35.0. The molecule has 5 heteroatoms. The lowest BCUT2D eigenvalue weighted by Gasteiger charge is -2.25. The quantitative estimate of drug-likeness (QED) is 0.0411. The average Bonchev–Trinajstić information content (AvgIpc) is 3.17. The van der Waals surface area contributed by atoms with Gasteiger partial charge in [0.05, 0.1) is 13.2 Å². The van der Waals surface area contributed by atoms with Crippen molar-refractivity contribution in [1.29, 1.82) is 0 Å². The minimum absolute atomic E-state index is 0.224. The molecule has 0 saturated carbocycles. The number of hydrogen-bond acceptors (Lipinski definition) is 5. The van der Waals surface area contributed by atoms with Gasteiger partial charge in [0, 0.05) is 5.92 Å². The molecule has 0 fully saturated rings. The molecule has 1 rings (SSSR count). The van der Waals surface area contributed by atoms with Gasteiger partial charge in [-0.15, -0.1) is 0 Å². The van der Waals surface area contributed by atoms with E-state index in [9.17, 15) is 14.7 Å². The van der Waals surface area contributed by atoms with Crippen LogP contribution in [0.1, 0.15) is 264 Å². The zero-order valence-electron chi connectivity index (χ0n) is 38.0. The Morgan fingerprint density at radius 3 is 1.07 bits per heavy atom. The van der Waals surface area contributed by atoms with Crippen molar-refractivity contribution in [2.24, 2.45) is 5.92 Å². The minimum Gasteiger partial charge on any atom is -0.508 e. The number of hydrogen-bond donors (Lipinski definition) is 1. The van der Waals surface area contributed by atoms with Crippen LogP contribution in [0.2, 0.25) is 0 Å². The van der Waals surface area contributed by atoms with Gasteiger partial charge in [-0.1, -0.05) is 246 Å². The molecule has 0 bridgehead atoms. The normalized spacial score (nSPS) is 12.3. The Hall–Kier alpha value is -2.04. The molecule has 0 radical (unpaired) electrons. The lowest BCUT2D eigenvalue weighted by atomic mass is 9.81. The topological polar surface area (TPSA) is 72.8 Å². The summed E-state index contributed by atoms with van der Waals surface area (Å²) in [4.78, 5) is 27.0. The van der Waals surface area contributed by atoms with Gasteiger partial charge in [-0.3, -0.25) is 9.59 Å². The number of rotatable bonds is 38. The Morgan fingerprint density at radius 2 is 0.786 bits per heavy atom. The smallest absolute Gasteiger partial charge is 0.320 e. The van der Waals surface area contributed by atoms with E-state index in [1.54, 1.807) is 6.07 Å². The average molecular weight is 785 g/mol. The number of carbonyl (C=O) groups is 2. The third-order valence-corrected chi connectivity index (χ3v) is 11.8. The molecule has 0 amide bonds. The molecule has 1 aromatic carbocycles. The summed E-state index contributed by atoms with van der Waals surface area (Å²) in [5.74, 6) is -2.24. The third kappa shape index (κ3) is 26.8. The van der Waals surface area contributed by atoms with E-state index in [1.807, 2.05) is 39.8 Å². The van der Waals surface area contributed by atoms with Gasteiger partial charge in [-0.2, -0.15) is 0 Å². The summed E-state index contributed by atoms with van der Waals surface area (Å²) >= 11 is 0. The highest BCUT2D eigenvalue weighted by Gasteiger charge is 2.36. The van der Waals surface area contributed by atoms with E-state index >= 15 is 0 Å². The molecule has 0 aliphatic carbocycles. The summed E-state index contributed by atoms with van der Waals surface area (Å²) in [6.45, 7) is 13.3. The molecule has 0 aliphatic heterocycles. The fraction of sp³-hybridized carbons (Fsp3) is 0.843. The third-order valence-electron chi connectivity index (χ3n) is 11.8. The van der Waals surface area contributed by atoms with Crippen molar-refractivity contribution in [3.05, 3.63) is 29.3 Å². The van der Waals surface area contributed by atoms with Crippen LogP contribution in [0.15, 0.2) is 18.2 Å². The number of carbonyl (C=O) groups excluding carboxylic acids is 2. The monoisotopic (exact) mass is 785 g/mol. The van der Waals surface area contributed by atoms with Gasteiger partial charge >= 0.3 is 11.9 Å². The van der Waals surface area contributed by atoms with Crippen LogP contribution in [0.5, 0.6) is 5.75 Å². The minimum atomic E-state index is -1.03.